The third-order valence-corrected chi connectivity index (χ3v) is 12.2. The van der Waals surface area contributed by atoms with E-state index in [1.54, 1.807) is 32.4 Å². The summed E-state index contributed by atoms with van der Waals surface area (Å²) in [6.45, 7) is 3.42. The highest BCUT2D eigenvalue weighted by atomic mass is 35.5. The fourth-order valence-electron chi connectivity index (χ4n) is 7.93. The number of hydrogen-bond acceptors (Lipinski definition) is 16. The molecule has 4 aromatic rings. The van der Waals surface area contributed by atoms with Crippen molar-refractivity contribution < 1.29 is 19.7 Å². The average Bonchev–Trinajstić information content (AvgIpc) is 3.70. The quantitative estimate of drug-likeness (QED) is 0.0700. The monoisotopic (exact) mass is 944 g/mol. The second-order valence-corrected chi connectivity index (χ2v) is 17.5. The molecule has 4 fully saturated rings. The second-order valence-electron chi connectivity index (χ2n) is 16.3. The van der Waals surface area contributed by atoms with Crippen LogP contribution in [-0.4, -0.2) is 105 Å². The largest absolute Gasteiger partial charge is 0.495 e. The number of nitrogens with one attached hydrogen (secondary N) is 5. The summed E-state index contributed by atoms with van der Waals surface area (Å²) >= 11 is 18.5. The average molecular weight is 946 g/mol. The number of rotatable bonds is 11. The lowest BCUT2D eigenvalue weighted by molar-refractivity contribution is 0.137. The maximum atomic E-state index is 9.86. The molecule has 7 N–H and O–H groups in total. The van der Waals surface area contributed by atoms with E-state index in [1.165, 1.54) is 51.4 Å². The summed E-state index contributed by atoms with van der Waals surface area (Å²) in [5.74, 6) is 3.77. The molecule has 0 bridgehead atoms. The van der Waals surface area contributed by atoms with Gasteiger partial charge in [-0.3, -0.25) is 0 Å². The molecule has 16 nitrogen and oxygen atoms in total. The van der Waals surface area contributed by atoms with Crippen molar-refractivity contribution in [2.24, 2.45) is 0 Å². The summed E-state index contributed by atoms with van der Waals surface area (Å²) in [6.07, 6.45) is 17.6. The number of hydrogen-bond donors (Lipinski definition) is 7. The van der Waals surface area contributed by atoms with Crippen LogP contribution in [0.25, 0.3) is 0 Å². The lowest BCUT2D eigenvalue weighted by Gasteiger charge is -2.30. The minimum atomic E-state index is -0.249. The lowest BCUT2D eigenvalue weighted by atomic mass is 10.1. The minimum Gasteiger partial charge on any atom is -0.495 e. The molecular weight excluding hydrogens is 879 g/mol. The molecule has 19 heteroatoms. The van der Waals surface area contributed by atoms with Gasteiger partial charge in [-0.15, -0.1) is 0 Å². The van der Waals surface area contributed by atoms with Crippen LogP contribution < -0.4 is 41.0 Å². The zero-order valence-corrected chi connectivity index (χ0v) is 38.7. The summed E-state index contributed by atoms with van der Waals surface area (Å²) in [5.41, 5.74) is 1.52. The fraction of sp³-hybridized carbons (Fsp3) is 0.600. The van der Waals surface area contributed by atoms with Crippen LogP contribution in [0.2, 0.25) is 15.3 Å². The highest BCUT2D eigenvalue weighted by Crippen LogP contribution is 2.31. The highest BCUT2D eigenvalue weighted by molar-refractivity contribution is 6.32. The molecule has 2 aliphatic carbocycles. The Morgan fingerprint density at radius 2 is 0.984 bits per heavy atom. The van der Waals surface area contributed by atoms with E-state index in [9.17, 15) is 5.11 Å². The predicted molar refractivity (Wildman–Crippen MR) is 260 cm³/mol. The number of piperidine rings is 2. The van der Waals surface area contributed by atoms with Crippen molar-refractivity contribution in [2.75, 3.05) is 66.6 Å². The highest BCUT2D eigenvalue weighted by Gasteiger charge is 2.22. The van der Waals surface area contributed by atoms with Gasteiger partial charge in [0.1, 0.15) is 11.5 Å². The topological polar surface area (TPSA) is 200 Å². The Morgan fingerprint density at radius 3 is 1.42 bits per heavy atom. The van der Waals surface area contributed by atoms with Crippen LogP contribution in [0.15, 0.2) is 36.4 Å². The SMILES string of the molecule is C.COc1ccc(Nc2nc(Cl)nc(NC3CCCCCC3)n2)cc1Cl.COc1ccc(Nc2nc(NC3CCCCCC3)nc(N3CCC(O)CC3)n2)cc1Cl.OC1CCNCC1. The summed E-state index contributed by atoms with van der Waals surface area (Å²) in [4.78, 5) is 28.9. The first-order chi connectivity index (χ1) is 30.6. The van der Waals surface area contributed by atoms with Crippen LogP contribution in [0.3, 0.4) is 0 Å². The fourth-order valence-corrected chi connectivity index (χ4v) is 8.60. The van der Waals surface area contributed by atoms with Gasteiger partial charge >= 0.3 is 0 Å². The Hall–Kier alpha value is -4.19. The van der Waals surface area contributed by atoms with E-state index in [2.05, 4.69) is 56.4 Å². The number of ether oxygens (including phenoxy) is 2. The maximum Gasteiger partial charge on any atom is 0.233 e. The van der Waals surface area contributed by atoms with Crippen molar-refractivity contribution in [2.45, 2.75) is 134 Å². The lowest BCUT2D eigenvalue weighted by Crippen LogP contribution is -2.37. The summed E-state index contributed by atoms with van der Waals surface area (Å²) in [6, 6.07) is 11.6. The van der Waals surface area contributed by atoms with Crippen LogP contribution in [-0.2, 0) is 0 Å². The van der Waals surface area contributed by atoms with Crippen molar-refractivity contribution in [1.82, 2.24) is 35.2 Å². The van der Waals surface area contributed by atoms with Gasteiger partial charge in [0.15, 0.2) is 0 Å². The van der Waals surface area contributed by atoms with E-state index in [1.807, 2.05) is 18.2 Å². The molecule has 352 valence electrons. The molecular formula is C45H67Cl3N12O4. The Balaban J connectivity index is 0.000000209. The van der Waals surface area contributed by atoms with E-state index in [0.717, 1.165) is 76.1 Å². The standard InChI is InChI=1S/C22H31ClN6O2.C17H21Cl2N5O.C5H11NO.CH4/c1-31-19-9-8-16(14-18(19)23)25-21-26-20(24-15-6-4-2-3-5-7-15)27-22(28-21)29-12-10-17(30)11-13-29;1-25-14-9-8-12(10-13(14)18)21-17-23-15(19)22-16(24-17)20-11-6-4-2-3-5-7-11;7-5-1-3-6-4-2-5;/h8-9,14-15,17,30H,2-7,10-13H2,1H3,(H2,24,25,26,27,28);8-11H,2-7H2,1H3,(H2,20,21,22,23,24);5-7H,1-4H2;1H4. The van der Waals surface area contributed by atoms with E-state index in [-0.39, 0.29) is 24.9 Å². The van der Waals surface area contributed by atoms with Crippen LogP contribution in [0.5, 0.6) is 11.5 Å². The first-order valence-corrected chi connectivity index (χ1v) is 23.5. The maximum absolute atomic E-state index is 9.86. The van der Waals surface area contributed by atoms with Gasteiger partial charge in [-0.05, 0) is 112 Å². The normalized spacial score (nSPS) is 17.8. The van der Waals surface area contributed by atoms with Gasteiger partial charge in [-0.2, -0.15) is 29.9 Å². The van der Waals surface area contributed by atoms with Crippen molar-refractivity contribution in [3.8, 4) is 11.5 Å². The number of halogens is 3. The van der Waals surface area contributed by atoms with E-state index >= 15 is 0 Å². The van der Waals surface area contributed by atoms with E-state index < -0.39 is 0 Å². The van der Waals surface area contributed by atoms with Crippen LogP contribution in [0.1, 0.15) is 110 Å². The smallest absolute Gasteiger partial charge is 0.233 e. The molecule has 4 aliphatic rings. The molecule has 2 aliphatic heterocycles. The zero-order chi connectivity index (χ0) is 44.4. The van der Waals surface area contributed by atoms with Gasteiger partial charge in [0.2, 0.25) is 35.0 Å². The molecule has 2 saturated heterocycles. The number of benzene rings is 2. The van der Waals surface area contributed by atoms with Crippen molar-refractivity contribution in [3.05, 3.63) is 51.7 Å². The zero-order valence-electron chi connectivity index (χ0n) is 36.4. The molecule has 4 heterocycles. The molecule has 0 atom stereocenters. The molecule has 0 unspecified atom stereocenters. The van der Waals surface area contributed by atoms with Gasteiger partial charge in [-0.1, -0.05) is 82.0 Å². The number of aliphatic hydroxyl groups is 2. The second kappa shape index (κ2) is 26.7. The summed E-state index contributed by atoms with van der Waals surface area (Å²) in [7, 11) is 3.17. The molecule has 0 amide bonds. The first-order valence-electron chi connectivity index (χ1n) is 22.4. The first kappa shape index (κ1) is 50.8. The number of nitrogens with zero attached hydrogens (tertiary/aromatic N) is 7. The van der Waals surface area contributed by atoms with Crippen LogP contribution in [0.4, 0.5) is 41.1 Å². The summed E-state index contributed by atoms with van der Waals surface area (Å²) < 4.78 is 10.4. The molecule has 2 saturated carbocycles. The van der Waals surface area contributed by atoms with Gasteiger partial charge in [-0.25, -0.2) is 0 Å². The predicted octanol–water partition coefficient (Wildman–Crippen LogP) is 9.81. The molecule has 0 spiro atoms. The molecule has 0 radical (unpaired) electrons. The Labute approximate surface area is 393 Å². The van der Waals surface area contributed by atoms with Gasteiger partial charge in [0.25, 0.3) is 0 Å². The third-order valence-electron chi connectivity index (χ3n) is 11.5. The van der Waals surface area contributed by atoms with Gasteiger partial charge in [0.05, 0.1) is 36.5 Å². The third kappa shape index (κ3) is 16.7. The molecule has 2 aromatic heterocycles. The van der Waals surface area contributed by atoms with E-state index in [4.69, 9.17) is 54.4 Å². The minimum absolute atomic E-state index is 0. The van der Waals surface area contributed by atoms with Crippen LogP contribution in [0, 0.1) is 0 Å². The Kier molecular flexibility index (Phi) is 21.2. The van der Waals surface area contributed by atoms with Gasteiger partial charge < -0.3 is 51.2 Å². The van der Waals surface area contributed by atoms with Crippen molar-refractivity contribution in [3.63, 3.8) is 0 Å². The summed E-state index contributed by atoms with van der Waals surface area (Å²) in [5, 5.41) is 36.3. The van der Waals surface area contributed by atoms with Crippen LogP contribution >= 0.6 is 34.8 Å². The van der Waals surface area contributed by atoms with Crippen molar-refractivity contribution >= 4 is 75.9 Å². The number of anilines is 7. The number of aliphatic hydroxyl groups excluding tert-OH is 2. The molecule has 2 aromatic carbocycles. The van der Waals surface area contributed by atoms with E-state index in [0.29, 0.717) is 76.2 Å². The van der Waals surface area contributed by atoms with Crippen molar-refractivity contribution in [1.29, 1.82) is 0 Å². The Morgan fingerprint density at radius 1 is 0.562 bits per heavy atom. The number of methoxy groups -OCH3 is 2. The number of aromatic nitrogens is 6. The molecule has 8 rings (SSSR count). The molecule has 64 heavy (non-hydrogen) atoms. The Bertz CT molecular complexity index is 1990. The van der Waals surface area contributed by atoms with Gasteiger partial charge in [0, 0.05) is 36.5 Å².